The van der Waals surface area contributed by atoms with Gasteiger partial charge in [0, 0.05) is 19.4 Å². The number of hydrogen-bond donors (Lipinski definition) is 3. The molecule has 300 valence electrons. The number of nitrogens with one attached hydrogen (secondary N) is 1. The number of carbonyl (C=O) groups excluding carboxylic acids is 2. The third kappa shape index (κ3) is 40.0. The first kappa shape index (κ1) is 49.9. The van der Waals surface area contributed by atoms with Crippen LogP contribution in [0.2, 0.25) is 0 Å². The smallest absolute Gasteiger partial charge is 0.463 e. The molecule has 0 aromatic rings. The van der Waals surface area contributed by atoms with Crippen molar-refractivity contribution < 1.29 is 37.9 Å². The van der Waals surface area contributed by atoms with E-state index in [0.717, 1.165) is 96.3 Å². The molecule has 0 radical (unpaired) electrons. The highest BCUT2D eigenvalue weighted by atomic mass is 31.2. The zero-order chi connectivity index (χ0) is 38.9. The highest BCUT2D eigenvalue weighted by molar-refractivity contribution is 7.47. The van der Waals surface area contributed by atoms with Crippen molar-refractivity contribution in [2.24, 2.45) is 0 Å². The van der Waals surface area contributed by atoms with Crippen molar-refractivity contribution in [1.29, 1.82) is 0 Å². The molecule has 0 rings (SSSR count). The Labute approximate surface area is 321 Å². The van der Waals surface area contributed by atoms with Crippen molar-refractivity contribution in [1.82, 2.24) is 5.32 Å². The molecule has 2 atom stereocenters. The Kier molecular flexibility index (Phi) is 36.4. The molecule has 0 spiro atoms. The summed E-state index contributed by atoms with van der Waals surface area (Å²) in [6, 6.07) is 0. The van der Waals surface area contributed by atoms with Crippen LogP contribution in [0, 0.1) is 0 Å². The van der Waals surface area contributed by atoms with E-state index in [1.807, 2.05) is 0 Å². The minimum absolute atomic E-state index is 0.0533. The highest BCUT2D eigenvalue weighted by Gasteiger charge is 2.23. The van der Waals surface area contributed by atoms with Gasteiger partial charge >= 0.3 is 13.8 Å². The lowest BCUT2D eigenvalue weighted by atomic mass is 10.1. The summed E-state index contributed by atoms with van der Waals surface area (Å²) in [7, 11) is -4.44. The number of aliphatic hydroxyl groups is 1. The van der Waals surface area contributed by atoms with Gasteiger partial charge in [-0.15, -0.1) is 0 Å². The molecular formula is C43H70NO8P. The van der Waals surface area contributed by atoms with Gasteiger partial charge in [0.25, 0.3) is 0 Å². The monoisotopic (exact) mass is 759 g/mol. The van der Waals surface area contributed by atoms with Crippen LogP contribution in [-0.4, -0.2) is 54.3 Å². The number of unbranched alkanes of at least 4 members (excludes halogenated alkanes) is 6. The molecule has 0 fully saturated rings. The first-order chi connectivity index (χ1) is 25.8. The molecule has 0 aliphatic rings. The van der Waals surface area contributed by atoms with Gasteiger partial charge in [-0.1, -0.05) is 124 Å². The number of aliphatic hydroxyl groups excluding tert-OH is 1. The zero-order valence-corrected chi connectivity index (χ0v) is 33.6. The van der Waals surface area contributed by atoms with Gasteiger partial charge in [-0.3, -0.25) is 18.6 Å². The number of carbonyl (C=O) groups is 2. The largest absolute Gasteiger partial charge is 0.472 e. The van der Waals surface area contributed by atoms with Crippen LogP contribution in [0.5, 0.6) is 0 Å². The molecule has 0 aromatic carbocycles. The van der Waals surface area contributed by atoms with Gasteiger partial charge in [-0.2, -0.15) is 0 Å². The third-order valence-corrected chi connectivity index (χ3v) is 8.49. The Hall–Kier alpha value is -3.07. The number of allylic oxidation sites excluding steroid dienone is 16. The van der Waals surface area contributed by atoms with Crippen molar-refractivity contribution in [2.75, 3.05) is 26.4 Å². The molecule has 0 aliphatic heterocycles. The quantitative estimate of drug-likeness (QED) is 0.0252. The van der Waals surface area contributed by atoms with E-state index < -0.39 is 26.5 Å². The lowest BCUT2D eigenvalue weighted by Crippen LogP contribution is -2.27. The fourth-order valence-corrected chi connectivity index (χ4v) is 5.35. The van der Waals surface area contributed by atoms with E-state index in [2.05, 4.69) is 116 Å². The molecule has 0 bridgehead atoms. The van der Waals surface area contributed by atoms with Crippen molar-refractivity contribution >= 4 is 19.7 Å². The Morgan fingerprint density at radius 2 is 1.02 bits per heavy atom. The molecule has 0 heterocycles. The summed E-state index contributed by atoms with van der Waals surface area (Å²) < 4.78 is 26.7. The first-order valence-corrected chi connectivity index (χ1v) is 21.2. The van der Waals surface area contributed by atoms with Crippen LogP contribution in [0.25, 0.3) is 0 Å². The average molecular weight is 760 g/mol. The van der Waals surface area contributed by atoms with E-state index in [9.17, 15) is 24.2 Å². The van der Waals surface area contributed by atoms with Crippen LogP contribution >= 0.6 is 7.82 Å². The molecular weight excluding hydrogens is 689 g/mol. The average Bonchev–Trinajstić information content (AvgIpc) is 3.14. The van der Waals surface area contributed by atoms with Crippen molar-refractivity contribution in [2.45, 2.75) is 136 Å². The number of amides is 1. The van der Waals surface area contributed by atoms with E-state index in [-0.39, 0.29) is 32.1 Å². The second kappa shape index (κ2) is 38.6. The Bertz CT molecular complexity index is 1180. The minimum Gasteiger partial charge on any atom is -0.463 e. The summed E-state index contributed by atoms with van der Waals surface area (Å²) in [5.74, 6) is -0.591. The predicted molar refractivity (Wildman–Crippen MR) is 219 cm³/mol. The number of phosphoric acid groups is 1. The first-order valence-electron chi connectivity index (χ1n) is 19.7. The molecule has 2 unspecified atom stereocenters. The van der Waals surface area contributed by atoms with Gasteiger partial charge in [0.2, 0.25) is 5.91 Å². The molecule has 0 saturated heterocycles. The van der Waals surface area contributed by atoms with Crippen LogP contribution in [-0.2, 0) is 27.9 Å². The van der Waals surface area contributed by atoms with Crippen molar-refractivity contribution in [3.63, 3.8) is 0 Å². The number of ether oxygens (including phenoxy) is 1. The molecule has 0 aromatic heterocycles. The fourth-order valence-electron chi connectivity index (χ4n) is 4.59. The summed E-state index contributed by atoms with van der Waals surface area (Å²) >= 11 is 0. The van der Waals surface area contributed by atoms with Gasteiger partial charge < -0.3 is 20.1 Å². The lowest BCUT2D eigenvalue weighted by Gasteiger charge is -2.15. The second-order valence-electron chi connectivity index (χ2n) is 12.5. The number of phosphoric ester groups is 1. The summed E-state index contributed by atoms with van der Waals surface area (Å²) in [6.07, 6.45) is 49.1. The summed E-state index contributed by atoms with van der Waals surface area (Å²) in [5.41, 5.74) is 0. The van der Waals surface area contributed by atoms with E-state index in [0.29, 0.717) is 12.8 Å². The summed E-state index contributed by atoms with van der Waals surface area (Å²) in [5, 5.41) is 12.6. The van der Waals surface area contributed by atoms with Gasteiger partial charge in [0.1, 0.15) is 12.7 Å². The van der Waals surface area contributed by atoms with Gasteiger partial charge in [-0.25, -0.2) is 4.57 Å². The molecule has 53 heavy (non-hydrogen) atoms. The van der Waals surface area contributed by atoms with Crippen molar-refractivity contribution in [3.05, 3.63) is 97.2 Å². The van der Waals surface area contributed by atoms with Crippen LogP contribution in [0.4, 0.5) is 0 Å². The molecule has 0 aliphatic carbocycles. The van der Waals surface area contributed by atoms with Crippen LogP contribution in [0.15, 0.2) is 97.2 Å². The van der Waals surface area contributed by atoms with Gasteiger partial charge in [-0.05, 0) is 89.9 Å². The number of hydrogen-bond acceptors (Lipinski definition) is 7. The zero-order valence-electron chi connectivity index (χ0n) is 32.7. The standard InChI is InChI=1S/C43H70NO8P/c1-3-5-7-9-11-13-15-17-18-19-20-21-22-24-25-27-29-31-33-35-42(46)44-37-38-51-53(48,49)52-40-41(45)39-50-43(47)36-34-32-30-28-26-23-16-14-12-10-8-6-4-2/h5-8,11-14,17-18,20-21,23-26,41,45H,3-4,9-10,15-16,19,22,27-40H2,1-2H3,(H,44,46)(H,48,49)/b7-5-,8-6-,13-11-,14-12-,18-17-,21-20-,25-24-,26-23-. The molecule has 10 heteroatoms. The van der Waals surface area contributed by atoms with E-state index in [1.165, 1.54) is 0 Å². The maximum absolute atomic E-state index is 12.1. The number of rotatable bonds is 35. The lowest BCUT2D eigenvalue weighted by molar-refractivity contribution is -0.147. The molecule has 3 N–H and O–H groups in total. The van der Waals surface area contributed by atoms with E-state index >= 15 is 0 Å². The summed E-state index contributed by atoms with van der Waals surface area (Å²) in [6.45, 7) is 3.21. The topological polar surface area (TPSA) is 131 Å². The Morgan fingerprint density at radius 1 is 0.585 bits per heavy atom. The van der Waals surface area contributed by atoms with Crippen LogP contribution in [0.3, 0.4) is 0 Å². The Balaban J connectivity index is 3.74. The fraction of sp³-hybridized carbons (Fsp3) is 0.581. The predicted octanol–water partition coefficient (Wildman–Crippen LogP) is 10.7. The van der Waals surface area contributed by atoms with E-state index in [4.69, 9.17) is 13.8 Å². The third-order valence-electron chi connectivity index (χ3n) is 7.51. The van der Waals surface area contributed by atoms with Crippen LogP contribution < -0.4 is 5.32 Å². The normalized spacial score (nSPS) is 14.4. The maximum atomic E-state index is 12.1. The Morgan fingerprint density at radius 3 is 1.49 bits per heavy atom. The van der Waals surface area contributed by atoms with Gasteiger partial charge in [0.15, 0.2) is 0 Å². The highest BCUT2D eigenvalue weighted by Crippen LogP contribution is 2.42. The van der Waals surface area contributed by atoms with Crippen LogP contribution in [0.1, 0.15) is 129 Å². The second-order valence-corrected chi connectivity index (χ2v) is 13.9. The number of esters is 1. The SMILES string of the molecule is CC/C=C\C/C=C\C/C=C\C/C=C\C/C=C\CCCCCC(=O)NCCOP(=O)(O)OCC(O)COC(=O)CCCCC/C=C\C/C=C\C/C=C\CC. The molecule has 0 saturated carbocycles. The summed E-state index contributed by atoms with van der Waals surface area (Å²) in [4.78, 5) is 33.8. The van der Waals surface area contributed by atoms with Gasteiger partial charge in [0.05, 0.1) is 13.2 Å². The molecule has 1 amide bonds. The van der Waals surface area contributed by atoms with Crippen molar-refractivity contribution in [3.8, 4) is 0 Å². The van der Waals surface area contributed by atoms with E-state index in [1.54, 1.807) is 0 Å². The minimum atomic E-state index is -4.44. The molecule has 9 nitrogen and oxygen atoms in total. The maximum Gasteiger partial charge on any atom is 0.472 e.